The molecular weight excluding hydrogens is 220 g/mol. The van der Waals surface area contributed by atoms with Crippen LogP contribution in [0.25, 0.3) is 0 Å². The molecule has 0 aliphatic heterocycles. The largest absolute Gasteiger partial charge is 0.522 e. The summed E-state index contributed by atoms with van der Waals surface area (Å²) in [5.74, 6) is 0. The Bertz CT molecular complexity index is 233. The topological polar surface area (TPSA) is 52.6 Å². The van der Waals surface area contributed by atoms with Gasteiger partial charge in [0.1, 0.15) is 0 Å². The van der Waals surface area contributed by atoms with Gasteiger partial charge in [0.05, 0.1) is 13.2 Å². The van der Waals surface area contributed by atoms with Crippen molar-refractivity contribution in [1.82, 2.24) is 0 Å². The summed E-state index contributed by atoms with van der Waals surface area (Å²) in [5.41, 5.74) is 0. The molecule has 0 radical (unpaired) electrons. The number of ether oxygens (including phenoxy) is 1. The Morgan fingerprint density at radius 1 is 1.15 bits per heavy atom. The lowest BCUT2D eigenvalue weighted by Gasteiger charge is -2.06. The van der Waals surface area contributed by atoms with Gasteiger partial charge in [0.2, 0.25) is 6.01 Å². The van der Waals surface area contributed by atoms with Crippen LogP contribution in [0, 0.1) is 0 Å². The van der Waals surface area contributed by atoms with Crippen LogP contribution in [0.1, 0.15) is 0 Å². The van der Waals surface area contributed by atoms with Gasteiger partial charge in [-0.25, -0.2) is 4.39 Å². The molecule has 0 amide bonds. The van der Waals surface area contributed by atoms with Crippen molar-refractivity contribution >= 4 is 10.1 Å². The van der Waals surface area contributed by atoms with Crippen LogP contribution < -0.4 is 0 Å². The highest BCUT2D eigenvalue weighted by atomic mass is 32.2. The molecule has 4 nitrogen and oxygen atoms in total. The lowest BCUT2D eigenvalue weighted by Crippen LogP contribution is -2.19. The van der Waals surface area contributed by atoms with Crippen molar-refractivity contribution in [2.24, 2.45) is 0 Å². The van der Waals surface area contributed by atoms with E-state index in [1.807, 2.05) is 0 Å². The van der Waals surface area contributed by atoms with Crippen LogP contribution in [0.3, 0.4) is 0 Å². The molecule has 0 rings (SSSR count). The van der Waals surface area contributed by atoms with Gasteiger partial charge in [-0.15, -0.1) is 13.2 Å². The zero-order valence-electron chi connectivity index (χ0n) is 6.17. The maximum absolute atomic E-state index is 11.5. The lowest BCUT2D eigenvalue weighted by molar-refractivity contribution is -0.325. The van der Waals surface area contributed by atoms with Crippen molar-refractivity contribution in [2.45, 2.75) is 6.36 Å². The van der Waals surface area contributed by atoms with Gasteiger partial charge >= 0.3 is 6.36 Å². The Morgan fingerprint density at radius 2 is 1.69 bits per heavy atom. The van der Waals surface area contributed by atoms with Crippen LogP contribution in [-0.2, 0) is 19.0 Å². The second kappa shape index (κ2) is 4.72. The molecule has 13 heavy (non-hydrogen) atoms. The van der Waals surface area contributed by atoms with Crippen LogP contribution in [0.5, 0.6) is 0 Å². The molecule has 0 bridgehead atoms. The Labute approximate surface area is 71.6 Å². The smallest absolute Gasteiger partial charge is 0.289 e. The molecule has 0 spiro atoms. The number of hydrogen-bond donors (Lipinski definition) is 0. The molecular formula is C4H6F4O4S. The minimum atomic E-state index is -4.84. The molecule has 0 fully saturated rings. The van der Waals surface area contributed by atoms with Gasteiger partial charge in [0, 0.05) is 0 Å². The summed E-state index contributed by atoms with van der Waals surface area (Å²) in [6.45, 7) is -1.87. The molecule has 0 atom stereocenters. The van der Waals surface area contributed by atoms with Crippen LogP contribution in [0.4, 0.5) is 17.6 Å². The molecule has 0 N–H and O–H groups in total. The average molecular weight is 226 g/mol. The van der Waals surface area contributed by atoms with E-state index in [2.05, 4.69) is 8.92 Å². The minimum absolute atomic E-state index is 0.869. The fourth-order valence-electron chi connectivity index (χ4n) is 0.350. The van der Waals surface area contributed by atoms with E-state index in [4.69, 9.17) is 0 Å². The highest BCUT2D eigenvalue weighted by Crippen LogP contribution is 2.15. The molecule has 0 saturated carbocycles. The van der Waals surface area contributed by atoms with E-state index >= 15 is 0 Å². The van der Waals surface area contributed by atoms with E-state index in [0.717, 1.165) is 0 Å². The molecule has 0 heterocycles. The summed E-state index contributed by atoms with van der Waals surface area (Å²) in [6, 6.07) is -1.78. The lowest BCUT2D eigenvalue weighted by atomic mass is 10.8. The van der Waals surface area contributed by atoms with Gasteiger partial charge in [-0.1, -0.05) is 0 Å². The third-order valence-corrected chi connectivity index (χ3v) is 1.54. The third-order valence-electron chi connectivity index (χ3n) is 0.746. The van der Waals surface area contributed by atoms with E-state index in [1.54, 1.807) is 0 Å². The Kier molecular flexibility index (Phi) is 4.57. The average Bonchev–Trinajstić information content (AvgIpc) is 1.97. The van der Waals surface area contributed by atoms with Gasteiger partial charge < -0.3 is 0 Å². The van der Waals surface area contributed by atoms with Crippen molar-refractivity contribution in [1.29, 1.82) is 0 Å². The second-order valence-corrected chi connectivity index (χ2v) is 3.35. The van der Waals surface area contributed by atoms with Crippen LogP contribution in [-0.4, -0.2) is 34.0 Å². The number of halogens is 4. The molecule has 0 saturated heterocycles. The van der Waals surface area contributed by atoms with Crippen molar-refractivity contribution in [2.75, 3.05) is 19.2 Å². The molecule has 80 valence electrons. The van der Waals surface area contributed by atoms with Crippen LogP contribution >= 0.6 is 0 Å². The molecule has 0 aliphatic rings. The van der Waals surface area contributed by atoms with Crippen LogP contribution in [0.2, 0.25) is 0 Å². The second-order valence-electron chi connectivity index (χ2n) is 1.78. The van der Waals surface area contributed by atoms with Crippen molar-refractivity contribution < 1.29 is 34.9 Å². The Balaban J connectivity index is 3.59. The van der Waals surface area contributed by atoms with Gasteiger partial charge in [0.15, 0.2) is 0 Å². The Hall–Kier alpha value is -0.410. The summed E-state index contributed by atoms with van der Waals surface area (Å²) < 4.78 is 72.5. The monoisotopic (exact) mass is 226 g/mol. The summed E-state index contributed by atoms with van der Waals surface area (Å²) in [7, 11) is -4.35. The maximum Gasteiger partial charge on any atom is 0.522 e. The van der Waals surface area contributed by atoms with E-state index in [-0.39, 0.29) is 0 Å². The van der Waals surface area contributed by atoms with Crippen molar-refractivity contribution in [3.05, 3.63) is 0 Å². The molecule has 0 unspecified atom stereocenters. The van der Waals surface area contributed by atoms with E-state index in [0.29, 0.717) is 0 Å². The first-order chi connectivity index (χ1) is 5.77. The number of rotatable bonds is 5. The third kappa shape index (κ3) is 7.94. The van der Waals surface area contributed by atoms with Gasteiger partial charge in [-0.2, -0.15) is 8.42 Å². The summed E-state index contributed by atoms with van der Waals surface area (Å²) in [5, 5.41) is 0. The fraction of sp³-hybridized carbons (Fsp3) is 1.00. The summed E-state index contributed by atoms with van der Waals surface area (Å²) >= 11 is 0. The predicted octanol–water partition coefficient (Wildman–Crippen LogP) is 0.796. The molecule has 0 aromatic rings. The van der Waals surface area contributed by atoms with Gasteiger partial charge in [0.25, 0.3) is 10.1 Å². The predicted molar refractivity (Wildman–Crippen MR) is 32.9 cm³/mol. The highest BCUT2D eigenvalue weighted by Gasteiger charge is 2.28. The van der Waals surface area contributed by atoms with E-state index in [9.17, 15) is 26.0 Å². The summed E-state index contributed by atoms with van der Waals surface area (Å²) in [6.07, 6.45) is -4.84. The summed E-state index contributed by atoms with van der Waals surface area (Å²) in [4.78, 5) is 0. The molecule has 0 aromatic carbocycles. The number of alkyl halides is 4. The standard InChI is InChI=1S/C4H6F4O4S/c5-3-13(9,10)12-2-1-11-4(6,7)8/h1-3H2. The quantitative estimate of drug-likeness (QED) is 0.395. The minimum Gasteiger partial charge on any atom is -0.289 e. The molecule has 0 aromatic heterocycles. The first kappa shape index (κ1) is 12.6. The van der Waals surface area contributed by atoms with Gasteiger partial charge in [-0.05, 0) is 0 Å². The molecule has 0 aliphatic carbocycles. The van der Waals surface area contributed by atoms with E-state index in [1.165, 1.54) is 0 Å². The Morgan fingerprint density at radius 3 is 2.08 bits per heavy atom. The number of hydrogen-bond acceptors (Lipinski definition) is 4. The fourth-order valence-corrected chi connectivity index (χ4v) is 0.735. The van der Waals surface area contributed by atoms with Crippen molar-refractivity contribution in [3.8, 4) is 0 Å². The van der Waals surface area contributed by atoms with Crippen LogP contribution in [0.15, 0.2) is 0 Å². The van der Waals surface area contributed by atoms with E-state index < -0.39 is 35.7 Å². The zero-order chi connectivity index (χ0) is 10.5. The normalized spacial score (nSPS) is 13.2. The SMILES string of the molecule is O=S(=O)(CF)OCCOC(F)(F)F. The maximum atomic E-state index is 11.5. The van der Waals surface area contributed by atoms with Crippen molar-refractivity contribution in [3.63, 3.8) is 0 Å². The van der Waals surface area contributed by atoms with Gasteiger partial charge in [-0.3, -0.25) is 8.92 Å². The highest BCUT2D eigenvalue weighted by molar-refractivity contribution is 7.86. The first-order valence-corrected chi connectivity index (χ1v) is 4.48. The zero-order valence-corrected chi connectivity index (χ0v) is 6.99. The molecule has 9 heteroatoms. The first-order valence-electron chi connectivity index (χ1n) is 2.90.